The van der Waals surface area contributed by atoms with Crippen LogP contribution in [0.3, 0.4) is 0 Å². The van der Waals surface area contributed by atoms with Crippen molar-refractivity contribution in [2.45, 2.75) is 12.8 Å². The molecule has 1 fully saturated rings. The molecule has 1 amide bonds. The van der Waals surface area contributed by atoms with Gasteiger partial charge in [0, 0.05) is 25.6 Å². The fourth-order valence-corrected chi connectivity index (χ4v) is 2.09. The molecule has 19 heavy (non-hydrogen) atoms. The van der Waals surface area contributed by atoms with Gasteiger partial charge in [0.1, 0.15) is 0 Å². The quantitative estimate of drug-likeness (QED) is 0.763. The summed E-state index contributed by atoms with van der Waals surface area (Å²) in [6.07, 6.45) is 5.46. The molecule has 4 heteroatoms. The summed E-state index contributed by atoms with van der Waals surface area (Å²) in [5.74, 6) is 1.62. The molecular formula is C15H17NO3. The minimum Gasteiger partial charge on any atom is -0.490 e. The van der Waals surface area contributed by atoms with Crippen molar-refractivity contribution in [3.63, 3.8) is 0 Å². The van der Waals surface area contributed by atoms with Gasteiger partial charge in [0.2, 0.25) is 5.91 Å². The topological polar surface area (TPSA) is 38.8 Å². The van der Waals surface area contributed by atoms with Crippen LogP contribution >= 0.6 is 0 Å². The van der Waals surface area contributed by atoms with Gasteiger partial charge in [-0.2, -0.15) is 0 Å². The lowest BCUT2D eigenvalue weighted by atomic mass is 10.1. The Morgan fingerprint density at radius 2 is 1.89 bits per heavy atom. The highest BCUT2D eigenvalue weighted by molar-refractivity contribution is 5.92. The first-order valence-electron chi connectivity index (χ1n) is 6.69. The average molecular weight is 259 g/mol. The SMILES string of the molecule is O=C(/C=C/c1ccc2c(c1)OCCCO2)N1CCC1. The Bertz CT molecular complexity index is 506. The van der Waals surface area contributed by atoms with Crippen LogP contribution in [-0.2, 0) is 4.79 Å². The highest BCUT2D eigenvalue weighted by Gasteiger charge is 2.17. The van der Waals surface area contributed by atoms with E-state index in [1.165, 1.54) is 0 Å². The molecule has 3 rings (SSSR count). The number of amides is 1. The summed E-state index contributed by atoms with van der Waals surface area (Å²) in [5, 5.41) is 0. The summed E-state index contributed by atoms with van der Waals surface area (Å²) in [7, 11) is 0. The van der Waals surface area contributed by atoms with Gasteiger partial charge in [0.05, 0.1) is 13.2 Å². The number of hydrogen-bond donors (Lipinski definition) is 0. The molecule has 1 aromatic carbocycles. The smallest absolute Gasteiger partial charge is 0.246 e. The van der Waals surface area contributed by atoms with Crippen molar-refractivity contribution in [3.05, 3.63) is 29.8 Å². The Morgan fingerprint density at radius 1 is 1.11 bits per heavy atom. The van der Waals surface area contributed by atoms with Gasteiger partial charge >= 0.3 is 0 Å². The van der Waals surface area contributed by atoms with E-state index in [9.17, 15) is 4.79 Å². The third kappa shape index (κ3) is 2.72. The molecule has 4 nitrogen and oxygen atoms in total. The Morgan fingerprint density at radius 3 is 2.63 bits per heavy atom. The van der Waals surface area contributed by atoms with E-state index in [0.717, 1.165) is 43.0 Å². The highest BCUT2D eigenvalue weighted by atomic mass is 16.5. The third-order valence-electron chi connectivity index (χ3n) is 3.36. The van der Waals surface area contributed by atoms with E-state index in [1.54, 1.807) is 6.08 Å². The molecule has 0 atom stereocenters. The molecule has 0 bridgehead atoms. The Hall–Kier alpha value is -1.97. The van der Waals surface area contributed by atoms with E-state index in [4.69, 9.17) is 9.47 Å². The van der Waals surface area contributed by atoms with Gasteiger partial charge in [-0.25, -0.2) is 0 Å². The third-order valence-corrected chi connectivity index (χ3v) is 3.36. The van der Waals surface area contributed by atoms with E-state index in [2.05, 4.69) is 0 Å². The van der Waals surface area contributed by atoms with Crippen molar-refractivity contribution in [2.75, 3.05) is 26.3 Å². The maximum atomic E-state index is 11.7. The predicted octanol–water partition coefficient (Wildman–Crippen LogP) is 2.09. The van der Waals surface area contributed by atoms with Gasteiger partial charge in [0.25, 0.3) is 0 Å². The number of fused-ring (bicyclic) bond motifs is 1. The number of benzene rings is 1. The molecule has 0 aromatic heterocycles. The second-order valence-corrected chi connectivity index (χ2v) is 4.77. The van der Waals surface area contributed by atoms with E-state index in [-0.39, 0.29) is 5.91 Å². The van der Waals surface area contributed by atoms with E-state index in [1.807, 2.05) is 29.2 Å². The van der Waals surface area contributed by atoms with Gasteiger partial charge in [-0.05, 0) is 30.2 Å². The van der Waals surface area contributed by atoms with Crippen LogP contribution in [0.5, 0.6) is 11.5 Å². The molecule has 0 unspecified atom stereocenters. The molecule has 2 aliphatic rings. The lowest BCUT2D eigenvalue weighted by Crippen LogP contribution is -2.40. The maximum Gasteiger partial charge on any atom is 0.246 e. The summed E-state index contributed by atoms with van der Waals surface area (Å²) in [4.78, 5) is 13.6. The van der Waals surface area contributed by atoms with Crippen LogP contribution in [0.25, 0.3) is 6.08 Å². The lowest BCUT2D eigenvalue weighted by Gasteiger charge is -2.29. The molecular weight excluding hydrogens is 242 g/mol. The monoisotopic (exact) mass is 259 g/mol. The van der Waals surface area contributed by atoms with E-state index >= 15 is 0 Å². The second kappa shape index (κ2) is 5.34. The molecule has 100 valence electrons. The zero-order valence-corrected chi connectivity index (χ0v) is 10.8. The minimum absolute atomic E-state index is 0.0818. The molecule has 0 N–H and O–H groups in total. The van der Waals surface area contributed by atoms with Crippen molar-refractivity contribution < 1.29 is 14.3 Å². The number of nitrogens with zero attached hydrogens (tertiary/aromatic N) is 1. The summed E-state index contributed by atoms with van der Waals surface area (Å²) in [5.41, 5.74) is 0.957. The maximum absolute atomic E-state index is 11.7. The molecule has 1 saturated heterocycles. The van der Waals surface area contributed by atoms with Crippen LogP contribution in [-0.4, -0.2) is 37.1 Å². The summed E-state index contributed by atoms with van der Waals surface area (Å²) in [6, 6.07) is 5.75. The van der Waals surface area contributed by atoms with Crippen molar-refractivity contribution in [3.8, 4) is 11.5 Å². The van der Waals surface area contributed by atoms with E-state index in [0.29, 0.717) is 13.2 Å². The van der Waals surface area contributed by atoms with Crippen LogP contribution in [0.2, 0.25) is 0 Å². The number of hydrogen-bond acceptors (Lipinski definition) is 3. The molecule has 0 radical (unpaired) electrons. The first-order valence-corrected chi connectivity index (χ1v) is 6.69. The molecule has 2 aliphatic heterocycles. The normalized spacial score (nSPS) is 18.0. The zero-order valence-electron chi connectivity index (χ0n) is 10.8. The fraction of sp³-hybridized carbons (Fsp3) is 0.400. The van der Waals surface area contributed by atoms with Gasteiger partial charge in [-0.15, -0.1) is 0 Å². The van der Waals surface area contributed by atoms with Crippen molar-refractivity contribution in [1.29, 1.82) is 0 Å². The predicted molar refractivity (Wildman–Crippen MR) is 72.3 cm³/mol. The standard InChI is InChI=1S/C15H17NO3/c17-15(16-7-1-8-16)6-4-12-3-5-13-14(11-12)19-10-2-9-18-13/h3-6,11H,1-2,7-10H2/b6-4+. The van der Waals surface area contributed by atoms with Crippen LogP contribution in [0.15, 0.2) is 24.3 Å². The molecule has 2 heterocycles. The first-order chi connectivity index (χ1) is 9.33. The minimum atomic E-state index is 0.0818. The van der Waals surface area contributed by atoms with Crippen molar-refractivity contribution >= 4 is 12.0 Å². The van der Waals surface area contributed by atoms with Gasteiger partial charge in [-0.1, -0.05) is 6.07 Å². The molecule has 0 saturated carbocycles. The lowest BCUT2D eigenvalue weighted by molar-refractivity contribution is -0.129. The molecule has 0 aliphatic carbocycles. The van der Waals surface area contributed by atoms with Gasteiger partial charge < -0.3 is 14.4 Å². The Kier molecular flexibility index (Phi) is 3.40. The number of carbonyl (C=O) groups excluding carboxylic acids is 1. The summed E-state index contributed by atoms with van der Waals surface area (Å²) >= 11 is 0. The van der Waals surface area contributed by atoms with Crippen molar-refractivity contribution in [2.24, 2.45) is 0 Å². The van der Waals surface area contributed by atoms with E-state index < -0.39 is 0 Å². The van der Waals surface area contributed by atoms with Crippen LogP contribution in [0, 0.1) is 0 Å². The number of carbonyl (C=O) groups is 1. The Labute approximate surface area is 112 Å². The van der Waals surface area contributed by atoms with Crippen LogP contribution in [0.4, 0.5) is 0 Å². The Balaban J connectivity index is 1.72. The number of rotatable bonds is 2. The van der Waals surface area contributed by atoms with Crippen LogP contribution in [0.1, 0.15) is 18.4 Å². The van der Waals surface area contributed by atoms with Crippen LogP contribution < -0.4 is 9.47 Å². The molecule has 0 spiro atoms. The fourth-order valence-electron chi connectivity index (χ4n) is 2.09. The van der Waals surface area contributed by atoms with Gasteiger partial charge in [-0.3, -0.25) is 4.79 Å². The van der Waals surface area contributed by atoms with Gasteiger partial charge in [0.15, 0.2) is 11.5 Å². The van der Waals surface area contributed by atoms with Crippen molar-refractivity contribution in [1.82, 2.24) is 4.90 Å². The largest absolute Gasteiger partial charge is 0.490 e. The first kappa shape index (κ1) is 12.1. The second-order valence-electron chi connectivity index (χ2n) is 4.77. The zero-order chi connectivity index (χ0) is 13.1. The highest BCUT2D eigenvalue weighted by Crippen LogP contribution is 2.30. The summed E-state index contributed by atoms with van der Waals surface area (Å²) < 4.78 is 11.2. The molecule has 1 aromatic rings. The average Bonchev–Trinajstić information content (AvgIpc) is 2.58. The summed E-state index contributed by atoms with van der Waals surface area (Å²) in [6.45, 7) is 3.12. The number of ether oxygens (including phenoxy) is 2. The number of likely N-dealkylation sites (tertiary alicyclic amines) is 1.